The number of halogens is 2. The number of aromatic amines is 2. The third-order valence-corrected chi connectivity index (χ3v) is 7.27. The lowest BCUT2D eigenvalue weighted by Crippen LogP contribution is -2.20. The van der Waals surface area contributed by atoms with Crippen LogP contribution in [0.15, 0.2) is 61.1 Å². The van der Waals surface area contributed by atoms with Crippen molar-refractivity contribution in [2.45, 2.75) is 20.3 Å². The molecule has 0 saturated heterocycles. The van der Waals surface area contributed by atoms with Crippen molar-refractivity contribution in [3.05, 3.63) is 72.7 Å². The number of anilines is 2. The molecule has 0 atom stereocenters. The molecule has 0 fully saturated rings. The highest BCUT2D eigenvalue weighted by Gasteiger charge is 2.22. The molecule has 230 valence electrons. The first-order valence-corrected chi connectivity index (χ1v) is 14.6. The zero-order valence-corrected chi connectivity index (χ0v) is 25.4. The van der Waals surface area contributed by atoms with Crippen molar-refractivity contribution >= 4 is 39.2 Å². The molecule has 0 radical (unpaired) electrons. The minimum atomic E-state index is -0.608. The third-order valence-electron chi connectivity index (χ3n) is 7.27. The van der Waals surface area contributed by atoms with E-state index < -0.39 is 5.82 Å². The number of hydrogen-bond acceptors (Lipinski definition) is 7. The summed E-state index contributed by atoms with van der Waals surface area (Å²) in [6.07, 6.45) is 4.86. The number of rotatable bonds is 10. The van der Waals surface area contributed by atoms with E-state index in [0.29, 0.717) is 57.8 Å². The van der Waals surface area contributed by atoms with Crippen LogP contribution >= 0.6 is 0 Å². The summed E-state index contributed by atoms with van der Waals surface area (Å²) in [5.41, 5.74) is 4.89. The van der Waals surface area contributed by atoms with Crippen molar-refractivity contribution in [1.82, 2.24) is 35.0 Å². The molecule has 0 spiro atoms. The van der Waals surface area contributed by atoms with Gasteiger partial charge in [-0.1, -0.05) is 26.0 Å². The first-order valence-electron chi connectivity index (χ1n) is 14.6. The largest absolute Gasteiger partial charge is 0.384 e. The lowest BCUT2D eigenvalue weighted by Gasteiger charge is -2.13. The van der Waals surface area contributed by atoms with Crippen LogP contribution in [0, 0.1) is 17.6 Å². The van der Waals surface area contributed by atoms with Crippen molar-refractivity contribution in [3.63, 3.8) is 0 Å². The van der Waals surface area contributed by atoms with Gasteiger partial charge in [0.25, 0.3) is 0 Å². The molecule has 4 aromatic heterocycles. The van der Waals surface area contributed by atoms with Crippen molar-refractivity contribution in [2.24, 2.45) is 5.92 Å². The normalized spacial score (nSPS) is 11.6. The number of nitrogens with one attached hydrogen (secondary N) is 4. The number of hydrogen-bond donors (Lipinski definition) is 4. The predicted octanol–water partition coefficient (Wildman–Crippen LogP) is 6.47. The van der Waals surface area contributed by atoms with E-state index in [0.717, 1.165) is 12.1 Å². The Morgan fingerprint density at radius 1 is 0.978 bits per heavy atom. The van der Waals surface area contributed by atoms with Crippen LogP contribution in [0.1, 0.15) is 20.3 Å². The smallest absolute Gasteiger partial charge is 0.224 e. The van der Waals surface area contributed by atoms with Crippen molar-refractivity contribution in [3.8, 4) is 33.9 Å². The number of H-pyrrole nitrogens is 2. The Kier molecular flexibility index (Phi) is 8.22. The minimum Gasteiger partial charge on any atom is -0.384 e. The average molecular weight is 610 g/mol. The maximum Gasteiger partial charge on any atom is 0.224 e. The van der Waals surface area contributed by atoms with Crippen LogP contribution in [0.25, 0.3) is 55.8 Å². The Hall–Kier alpha value is -5.23. The van der Waals surface area contributed by atoms with Crippen LogP contribution in [0.4, 0.5) is 20.2 Å². The van der Waals surface area contributed by atoms with Gasteiger partial charge in [0.05, 0.1) is 40.0 Å². The molecule has 0 saturated carbocycles. The molecule has 1 amide bonds. The van der Waals surface area contributed by atoms with Crippen LogP contribution in [-0.2, 0) is 4.79 Å². The highest BCUT2D eigenvalue weighted by Crippen LogP contribution is 2.35. The third kappa shape index (κ3) is 6.36. The van der Waals surface area contributed by atoms with Crippen molar-refractivity contribution in [1.29, 1.82) is 0 Å². The lowest BCUT2D eigenvalue weighted by molar-refractivity contribution is -0.116. The molecule has 10 nitrogen and oxygen atoms in total. The Morgan fingerprint density at radius 3 is 2.60 bits per heavy atom. The Labute approximate surface area is 258 Å². The van der Waals surface area contributed by atoms with E-state index >= 15 is 4.39 Å². The topological polar surface area (TPSA) is 128 Å². The second-order valence-corrected chi connectivity index (χ2v) is 11.6. The molecular formula is C33H33F2N9O. The van der Waals surface area contributed by atoms with Gasteiger partial charge >= 0.3 is 0 Å². The molecule has 12 heteroatoms. The summed E-state index contributed by atoms with van der Waals surface area (Å²) in [4.78, 5) is 30.9. The summed E-state index contributed by atoms with van der Waals surface area (Å²) in [7, 11) is 3.96. The number of benzene rings is 2. The Bertz CT molecular complexity index is 2020. The first kappa shape index (κ1) is 29.8. The summed E-state index contributed by atoms with van der Waals surface area (Å²) in [6, 6.07) is 12.0. The van der Waals surface area contributed by atoms with Crippen LogP contribution in [0.3, 0.4) is 0 Å². The maximum atomic E-state index is 16.2. The molecular weight excluding hydrogens is 576 g/mol. The van der Waals surface area contributed by atoms with Gasteiger partial charge in [0.15, 0.2) is 11.6 Å². The molecule has 45 heavy (non-hydrogen) atoms. The van der Waals surface area contributed by atoms with Gasteiger partial charge in [-0.25, -0.2) is 13.8 Å². The first-order chi connectivity index (χ1) is 21.7. The van der Waals surface area contributed by atoms with Crippen LogP contribution < -0.4 is 10.6 Å². The van der Waals surface area contributed by atoms with E-state index in [1.807, 2.05) is 57.1 Å². The molecule has 6 rings (SSSR count). The number of amides is 1. The maximum absolute atomic E-state index is 16.2. The molecule has 0 aliphatic rings. The fourth-order valence-electron chi connectivity index (χ4n) is 5.22. The summed E-state index contributed by atoms with van der Waals surface area (Å²) in [6.45, 7) is 5.37. The Balaban J connectivity index is 1.37. The van der Waals surface area contributed by atoms with E-state index in [2.05, 4.69) is 35.8 Å². The van der Waals surface area contributed by atoms with Gasteiger partial charge < -0.3 is 20.5 Å². The molecule has 6 aromatic rings. The van der Waals surface area contributed by atoms with E-state index in [1.165, 1.54) is 30.7 Å². The Morgan fingerprint density at radius 2 is 1.80 bits per heavy atom. The number of pyridine rings is 2. The van der Waals surface area contributed by atoms with E-state index in [9.17, 15) is 9.18 Å². The fraction of sp³-hybridized carbons (Fsp3) is 0.242. The van der Waals surface area contributed by atoms with Gasteiger partial charge in [0, 0.05) is 42.5 Å². The monoisotopic (exact) mass is 609 g/mol. The average Bonchev–Trinajstić information content (AvgIpc) is 3.61. The SMILES string of the molecule is CC(C)CC(=O)Nc1cncc(-c2ncc3[nH]nc(-c4nc5c(-c6cc(F)cc(NCCN(C)C)c6)cccc5[nH]4)c3c2F)c1. The van der Waals surface area contributed by atoms with Gasteiger partial charge in [-0.15, -0.1) is 0 Å². The molecule has 0 bridgehead atoms. The van der Waals surface area contributed by atoms with E-state index in [4.69, 9.17) is 4.98 Å². The number of carbonyl (C=O) groups is 1. The van der Waals surface area contributed by atoms with Gasteiger partial charge in [-0.05, 0) is 55.9 Å². The quantitative estimate of drug-likeness (QED) is 0.140. The standard InChI is InChI=1S/C33H33F2N9O/c1-18(2)10-27(45)39-23-13-20(15-36-16-23)30-29(35)28-26(17-38-30)42-43-32(28)33-40-25-7-5-6-24(31(25)41-33)19-11-21(34)14-22(12-19)37-8-9-44(3)4/h5-7,11-18,37H,8-10H2,1-4H3,(H,39,45)(H,40,41)(H,42,43). The van der Waals surface area contributed by atoms with Crippen molar-refractivity contribution < 1.29 is 13.6 Å². The van der Waals surface area contributed by atoms with Gasteiger partial charge in [-0.3, -0.25) is 19.9 Å². The predicted molar refractivity (Wildman–Crippen MR) is 173 cm³/mol. The fourth-order valence-corrected chi connectivity index (χ4v) is 5.22. The van der Waals surface area contributed by atoms with Gasteiger partial charge in [0.1, 0.15) is 17.2 Å². The number of carbonyl (C=O) groups excluding carboxylic acids is 1. The van der Waals surface area contributed by atoms with E-state index in [1.54, 1.807) is 6.07 Å². The number of likely N-dealkylation sites (N-methyl/N-ethyl adjacent to an activating group) is 1. The lowest BCUT2D eigenvalue weighted by atomic mass is 10.0. The molecule has 0 aliphatic carbocycles. The summed E-state index contributed by atoms with van der Waals surface area (Å²) in [5, 5.41) is 13.5. The minimum absolute atomic E-state index is 0.0588. The summed E-state index contributed by atoms with van der Waals surface area (Å²) < 4.78 is 30.9. The molecule has 4 N–H and O–H groups in total. The number of imidazole rings is 1. The zero-order chi connectivity index (χ0) is 31.7. The molecule has 0 aliphatic heterocycles. The van der Waals surface area contributed by atoms with Crippen LogP contribution in [0.5, 0.6) is 0 Å². The number of para-hydroxylation sites is 1. The number of aromatic nitrogens is 6. The van der Waals surface area contributed by atoms with Crippen LogP contribution in [0.2, 0.25) is 0 Å². The van der Waals surface area contributed by atoms with Crippen molar-refractivity contribution in [2.75, 3.05) is 37.8 Å². The molecule has 4 heterocycles. The zero-order valence-electron chi connectivity index (χ0n) is 25.4. The second kappa shape index (κ2) is 12.4. The number of nitrogens with zero attached hydrogens (tertiary/aromatic N) is 5. The molecule has 2 aromatic carbocycles. The molecule has 0 unspecified atom stereocenters. The second-order valence-electron chi connectivity index (χ2n) is 11.6. The van der Waals surface area contributed by atoms with Gasteiger partial charge in [-0.2, -0.15) is 5.10 Å². The highest BCUT2D eigenvalue weighted by molar-refractivity contribution is 5.98. The summed E-state index contributed by atoms with van der Waals surface area (Å²) >= 11 is 0. The highest BCUT2D eigenvalue weighted by atomic mass is 19.1. The summed E-state index contributed by atoms with van der Waals surface area (Å²) in [5.74, 6) is -0.593. The van der Waals surface area contributed by atoms with Gasteiger partial charge in [0.2, 0.25) is 5.91 Å². The number of fused-ring (bicyclic) bond motifs is 2. The van der Waals surface area contributed by atoms with E-state index in [-0.39, 0.29) is 34.4 Å². The van der Waals surface area contributed by atoms with Crippen LogP contribution in [-0.4, -0.2) is 68.1 Å².